The van der Waals surface area contributed by atoms with Crippen molar-refractivity contribution < 1.29 is 9.59 Å². The van der Waals surface area contributed by atoms with E-state index in [2.05, 4.69) is 5.10 Å². The van der Waals surface area contributed by atoms with Crippen LogP contribution in [0.4, 0.5) is 0 Å². The molecule has 2 aliphatic rings. The molecule has 8 heteroatoms. The van der Waals surface area contributed by atoms with Crippen LogP contribution in [0.3, 0.4) is 0 Å². The number of aromatic amines is 1. The maximum Gasteiger partial charge on any atom is 0.276 e. The first-order chi connectivity index (χ1) is 17.5. The van der Waals surface area contributed by atoms with Gasteiger partial charge < -0.3 is 9.80 Å². The van der Waals surface area contributed by atoms with Gasteiger partial charge in [-0.15, -0.1) is 0 Å². The minimum atomic E-state index is -0.369. The van der Waals surface area contributed by atoms with Crippen molar-refractivity contribution in [2.45, 2.75) is 32.9 Å². The van der Waals surface area contributed by atoms with E-state index in [1.54, 1.807) is 9.80 Å². The molecule has 0 aliphatic carbocycles. The number of amides is 2. The van der Waals surface area contributed by atoms with E-state index in [0.29, 0.717) is 43.0 Å². The molecule has 182 valence electrons. The van der Waals surface area contributed by atoms with Gasteiger partial charge in [-0.1, -0.05) is 60.2 Å². The largest absolute Gasteiger partial charge is 0.338 e. The number of nitrogens with one attached hydrogen (secondary N) is 1. The average molecular weight is 482 g/mol. The molecule has 8 nitrogen and oxygen atoms in total. The molecule has 0 unspecified atom stereocenters. The zero-order chi connectivity index (χ0) is 24.8. The first-order valence-electron chi connectivity index (χ1n) is 12.3. The van der Waals surface area contributed by atoms with Gasteiger partial charge in [0, 0.05) is 37.7 Å². The van der Waals surface area contributed by atoms with Crippen molar-refractivity contribution in [3.8, 4) is 11.3 Å². The van der Waals surface area contributed by atoms with E-state index in [1.165, 1.54) is 10.1 Å². The molecule has 2 aromatic heterocycles. The lowest BCUT2D eigenvalue weighted by Gasteiger charge is -2.29. The monoisotopic (exact) mass is 481 g/mol. The number of nitrogens with zero attached hydrogens (tertiary/aromatic N) is 4. The van der Waals surface area contributed by atoms with Crippen molar-refractivity contribution >= 4 is 17.5 Å². The van der Waals surface area contributed by atoms with E-state index in [1.807, 2.05) is 67.6 Å². The summed E-state index contributed by atoms with van der Waals surface area (Å²) in [6, 6.07) is 19.7. The lowest BCUT2D eigenvalue weighted by atomic mass is 10.0. The fourth-order valence-corrected chi connectivity index (χ4v) is 5.21. The first kappa shape index (κ1) is 22.3. The zero-order valence-electron chi connectivity index (χ0n) is 20.1. The summed E-state index contributed by atoms with van der Waals surface area (Å²) in [6.07, 6.45) is 0.671. The summed E-state index contributed by atoms with van der Waals surface area (Å²) in [4.78, 5) is 47.4. The number of benzene rings is 2. The van der Waals surface area contributed by atoms with Crippen molar-refractivity contribution in [1.29, 1.82) is 0 Å². The number of rotatable bonds is 4. The lowest BCUT2D eigenvalue weighted by molar-refractivity contribution is -0.136. The van der Waals surface area contributed by atoms with Gasteiger partial charge in [-0.25, -0.2) is 9.50 Å². The molecule has 2 aromatic carbocycles. The molecule has 2 aliphatic heterocycles. The summed E-state index contributed by atoms with van der Waals surface area (Å²) in [7, 11) is 0. The molecule has 0 saturated carbocycles. The number of aryl methyl sites for hydroxylation is 1. The van der Waals surface area contributed by atoms with Crippen LogP contribution in [0.25, 0.3) is 16.9 Å². The van der Waals surface area contributed by atoms with Crippen LogP contribution >= 0.6 is 0 Å². The highest BCUT2D eigenvalue weighted by Crippen LogP contribution is 2.26. The number of H-pyrrole nitrogens is 1. The van der Waals surface area contributed by atoms with Gasteiger partial charge in [-0.05, 0) is 24.5 Å². The van der Waals surface area contributed by atoms with E-state index < -0.39 is 0 Å². The van der Waals surface area contributed by atoms with Crippen molar-refractivity contribution in [3.63, 3.8) is 0 Å². The minimum Gasteiger partial charge on any atom is -0.338 e. The van der Waals surface area contributed by atoms with Crippen LogP contribution in [0.5, 0.6) is 0 Å². The average Bonchev–Trinajstić information content (AvgIpc) is 3.49. The molecule has 0 bridgehead atoms. The fourth-order valence-electron chi connectivity index (χ4n) is 5.21. The van der Waals surface area contributed by atoms with Gasteiger partial charge in [-0.2, -0.15) is 0 Å². The Labute approximate surface area is 208 Å². The van der Waals surface area contributed by atoms with Crippen LogP contribution < -0.4 is 5.56 Å². The Morgan fingerprint density at radius 1 is 1.08 bits per heavy atom. The third-order valence-electron chi connectivity index (χ3n) is 7.22. The zero-order valence-corrected chi connectivity index (χ0v) is 20.1. The molecule has 1 saturated heterocycles. The maximum atomic E-state index is 13.4. The lowest BCUT2D eigenvalue weighted by Crippen LogP contribution is -2.43. The van der Waals surface area contributed by atoms with Crippen LogP contribution in [0, 0.1) is 12.8 Å². The van der Waals surface area contributed by atoms with Crippen LogP contribution in [0.2, 0.25) is 0 Å². The van der Waals surface area contributed by atoms with Gasteiger partial charge in [0.15, 0.2) is 5.65 Å². The van der Waals surface area contributed by atoms with Crippen LogP contribution in [-0.4, -0.2) is 49.3 Å². The van der Waals surface area contributed by atoms with Crippen molar-refractivity contribution in [2.24, 2.45) is 5.92 Å². The highest BCUT2D eigenvalue weighted by atomic mass is 16.2. The smallest absolute Gasteiger partial charge is 0.276 e. The molecule has 1 fully saturated rings. The number of hydrogen-bond donors (Lipinski definition) is 1. The van der Waals surface area contributed by atoms with Crippen molar-refractivity contribution in [3.05, 3.63) is 93.4 Å². The maximum absolute atomic E-state index is 13.4. The third kappa shape index (κ3) is 3.98. The third-order valence-corrected chi connectivity index (χ3v) is 7.22. The predicted octanol–water partition coefficient (Wildman–Crippen LogP) is 2.93. The summed E-state index contributed by atoms with van der Waals surface area (Å²) in [6.45, 7) is 3.70. The Hall–Kier alpha value is -4.20. The molecule has 0 spiro atoms. The van der Waals surface area contributed by atoms with E-state index in [0.717, 1.165) is 16.8 Å². The highest BCUT2D eigenvalue weighted by Gasteiger charge is 2.37. The number of likely N-dealkylation sites (tertiary alicyclic amines) is 1. The molecular weight excluding hydrogens is 454 g/mol. The molecule has 1 atom stereocenters. The summed E-state index contributed by atoms with van der Waals surface area (Å²) in [5.41, 5.74) is 5.71. The number of hydrogen-bond acceptors (Lipinski definition) is 4. The van der Waals surface area contributed by atoms with Gasteiger partial charge in [0.05, 0.1) is 23.9 Å². The van der Waals surface area contributed by atoms with Crippen LogP contribution in [-0.2, 0) is 29.1 Å². The SMILES string of the molecule is Cc1ccc(CN2C[C@H](C(=O)N3CCc4c(nc5cc(-c6ccccc6)[nH]n5c4=O)C3)CC2=O)cc1. The molecule has 2 amide bonds. The molecule has 36 heavy (non-hydrogen) atoms. The normalized spacial score (nSPS) is 17.6. The van der Waals surface area contributed by atoms with E-state index in [9.17, 15) is 14.4 Å². The summed E-state index contributed by atoms with van der Waals surface area (Å²) in [5, 5.41) is 3.16. The van der Waals surface area contributed by atoms with Gasteiger partial charge in [0.2, 0.25) is 11.8 Å². The van der Waals surface area contributed by atoms with E-state index in [4.69, 9.17) is 4.98 Å². The van der Waals surface area contributed by atoms with Gasteiger partial charge >= 0.3 is 0 Å². The summed E-state index contributed by atoms with van der Waals surface area (Å²) < 4.78 is 1.48. The van der Waals surface area contributed by atoms with Crippen molar-refractivity contribution in [2.75, 3.05) is 13.1 Å². The number of carbonyl (C=O) groups is 2. The Balaban J connectivity index is 1.19. The van der Waals surface area contributed by atoms with Gasteiger partial charge in [-0.3, -0.25) is 19.5 Å². The number of fused-ring (bicyclic) bond motifs is 2. The second-order valence-corrected chi connectivity index (χ2v) is 9.74. The van der Waals surface area contributed by atoms with Crippen LogP contribution in [0.15, 0.2) is 65.5 Å². The molecule has 4 heterocycles. The summed E-state index contributed by atoms with van der Waals surface area (Å²) in [5.74, 6) is -0.405. The molecule has 0 radical (unpaired) electrons. The molecule has 1 N–H and O–H groups in total. The Kier molecular flexibility index (Phi) is 5.44. The van der Waals surface area contributed by atoms with Gasteiger partial charge in [0.25, 0.3) is 5.56 Å². The number of carbonyl (C=O) groups excluding carboxylic acids is 2. The fraction of sp³-hybridized carbons (Fsp3) is 0.286. The van der Waals surface area contributed by atoms with Crippen molar-refractivity contribution in [1.82, 2.24) is 24.4 Å². The number of aromatic nitrogens is 3. The van der Waals surface area contributed by atoms with E-state index in [-0.39, 0.29) is 36.3 Å². The molecular formula is C28H27N5O3. The molecule has 4 aromatic rings. The second-order valence-electron chi connectivity index (χ2n) is 9.74. The second kappa shape index (κ2) is 8.78. The standard InChI is InChI=1S/C28H27N5O3/c1-18-7-9-19(10-8-18)15-32-16-21(13-26(32)34)27(35)31-12-11-22-24(17-31)29-25-14-23(30-33(25)28(22)36)20-5-3-2-4-6-20/h2-10,14,21,30H,11-13,15-17H2,1H3/t21-/m1/s1. The topological polar surface area (TPSA) is 90.8 Å². The van der Waals surface area contributed by atoms with Gasteiger partial charge in [0.1, 0.15) is 0 Å². The Morgan fingerprint density at radius 2 is 1.86 bits per heavy atom. The Bertz CT molecular complexity index is 1520. The predicted molar refractivity (Wildman–Crippen MR) is 135 cm³/mol. The van der Waals surface area contributed by atoms with Crippen LogP contribution in [0.1, 0.15) is 28.8 Å². The first-order valence-corrected chi connectivity index (χ1v) is 12.3. The highest BCUT2D eigenvalue weighted by molar-refractivity contribution is 5.89. The quantitative estimate of drug-likeness (QED) is 0.485. The Morgan fingerprint density at radius 3 is 2.64 bits per heavy atom. The molecule has 6 rings (SSSR count). The minimum absolute atomic E-state index is 0.00479. The summed E-state index contributed by atoms with van der Waals surface area (Å²) >= 11 is 0. The van der Waals surface area contributed by atoms with E-state index >= 15 is 0 Å².